The van der Waals surface area contributed by atoms with Crippen LogP contribution in [0.5, 0.6) is 0 Å². The van der Waals surface area contributed by atoms with E-state index < -0.39 is 5.25 Å². The number of aliphatic imine (C=N–C) groups is 1. The molecule has 4 nitrogen and oxygen atoms in total. The number of fused-ring (bicyclic) bond motifs is 1. The van der Waals surface area contributed by atoms with Gasteiger partial charge in [0.05, 0.1) is 30.7 Å². The van der Waals surface area contributed by atoms with Crippen LogP contribution < -0.4 is 5.73 Å². The van der Waals surface area contributed by atoms with Crippen molar-refractivity contribution >= 4 is 78.3 Å². The molecule has 1 atom stereocenters. The number of Topliss-reactive ketones (excluding diaryl/α,β-unsaturated/α-hetero) is 1. The van der Waals surface area contributed by atoms with E-state index in [0.717, 1.165) is 42.7 Å². The van der Waals surface area contributed by atoms with E-state index in [1.54, 1.807) is 23.5 Å². The van der Waals surface area contributed by atoms with E-state index in [1.807, 2.05) is 44.2 Å². The van der Waals surface area contributed by atoms with E-state index in [4.69, 9.17) is 27.3 Å². The van der Waals surface area contributed by atoms with Gasteiger partial charge in [-0.1, -0.05) is 47.6 Å². The zero-order valence-corrected chi connectivity index (χ0v) is 20.5. The molecule has 5 rings (SSSR count). The lowest BCUT2D eigenvalue weighted by Crippen LogP contribution is -2.21. The number of benzene rings is 2. The highest BCUT2D eigenvalue weighted by molar-refractivity contribution is 8.16. The first kappa shape index (κ1) is 21.4. The minimum atomic E-state index is -0.560. The molecule has 0 spiro atoms. The molecule has 2 N–H and O–H groups in total. The third-order valence-electron chi connectivity index (χ3n) is 5.16. The van der Waals surface area contributed by atoms with Crippen molar-refractivity contribution < 1.29 is 4.79 Å². The summed E-state index contributed by atoms with van der Waals surface area (Å²) in [6.45, 7) is 4.07. The van der Waals surface area contributed by atoms with Gasteiger partial charge in [-0.25, -0.2) is 9.98 Å². The lowest BCUT2D eigenvalue weighted by atomic mass is 10.1. The fourth-order valence-electron chi connectivity index (χ4n) is 3.48. The molecule has 2 aromatic carbocycles. The van der Waals surface area contributed by atoms with E-state index in [2.05, 4.69) is 12.1 Å². The van der Waals surface area contributed by atoms with Gasteiger partial charge in [0.2, 0.25) is 0 Å². The highest BCUT2D eigenvalue weighted by Crippen LogP contribution is 2.43. The largest absolute Gasteiger partial charge is 0.400 e. The molecule has 160 valence electrons. The van der Waals surface area contributed by atoms with E-state index in [-0.39, 0.29) is 5.78 Å². The summed E-state index contributed by atoms with van der Waals surface area (Å²) in [5.41, 5.74) is 11.8. The number of halogens is 1. The van der Waals surface area contributed by atoms with Crippen molar-refractivity contribution in [2.75, 3.05) is 0 Å². The van der Waals surface area contributed by atoms with Gasteiger partial charge in [-0.2, -0.15) is 0 Å². The fraction of sp³-hybridized carbons (Fsp3) is 0.125. The molecule has 3 heterocycles. The summed E-state index contributed by atoms with van der Waals surface area (Å²) in [6, 6.07) is 17.6. The molecule has 2 aromatic heterocycles. The predicted octanol–water partition coefficient (Wildman–Crippen LogP) is 7.03. The molecule has 0 radical (unpaired) electrons. The van der Waals surface area contributed by atoms with Crippen molar-refractivity contribution in [2.24, 2.45) is 10.7 Å². The zero-order chi connectivity index (χ0) is 22.4. The predicted molar refractivity (Wildman–Crippen MR) is 139 cm³/mol. The van der Waals surface area contributed by atoms with Crippen molar-refractivity contribution in [3.63, 3.8) is 0 Å². The van der Waals surface area contributed by atoms with Crippen LogP contribution in [-0.2, 0) is 0 Å². The van der Waals surface area contributed by atoms with E-state index in [1.165, 1.54) is 23.1 Å². The molecule has 1 aliphatic rings. The number of nitrogens with two attached hydrogens (primary N) is 1. The number of aromatic nitrogens is 1. The SMILES string of the molecule is Cc1ccc(C)c(N=C2S[C@H](C(=O)c3ccc(Cl)s3)C(N)=C2c2nc3ccccc3s2)c1. The molecule has 8 heteroatoms. The number of hydrogen-bond acceptors (Lipinski definition) is 7. The average molecular weight is 496 g/mol. The number of nitrogens with zero attached hydrogens (tertiary/aromatic N) is 2. The molecular weight excluding hydrogens is 478 g/mol. The van der Waals surface area contributed by atoms with Gasteiger partial charge in [-0.05, 0) is 55.3 Å². The van der Waals surface area contributed by atoms with E-state index >= 15 is 0 Å². The van der Waals surface area contributed by atoms with Crippen molar-refractivity contribution in [2.45, 2.75) is 19.1 Å². The number of para-hydroxylation sites is 1. The Morgan fingerprint density at radius 1 is 1.09 bits per heavy atom. The Morgan fingerprint density at radius 3 is 2.66 bits per heavy atom. The van der Waals surface area contributed by atoms with Crippen LogP contribution in [0.25, 0.3) is 15.8 Å². The molecule has 4 aromatic rings. The van der Waals surface area contributed by atoms with Crippen LogP contribution >= 0.6 is 46.0 Å². The van der Waals surface area contributed by atoms with Gasteiger partial charge in [-0.3, -0.25) is 4.79 Å². The van der Waals surface area contributed by atoms with Gasteiger partial charge in [0, 0.05) is 5.70 Å². The Balaban J connectivity index is 1.65. The Hall–Kier alpha value is -2.45. The van der Waals surface area contributed by atoms with Crippen LogP contribution in [0, 0.1) is 13.8 Å². The number of ketones is 1. The summed E-state index contributed by atoms with van der Waals surface area (Å²) in [4.78, 5) is 23.6. The molecule has 0 saturated heterocycles. The molecule has 32 heavy (non-hydrogen) atoms. The smallest absolute Gasteiger partial charge is 0.192 e. The topological polar surface area (TPSA) is 68.3 Å². The maximum Gasteiger partial charge on any atom is 0.192 e. The first-order valence-electron chi connectivity index (χ1n) is 9.89. The number of aryl methyl sites for hydroxylation is 2. The van der Waals surface area contributed by atoms with Crippen molar-refractivity contribution in [1.29, 1.82) is 0 Å². The second kappa shape index (κ2) is 8.48. The minimum Gasteiger partial charge on any atom is -0.400 e. The molecule has 0 amide bonds. The van der Waals surface area contributed by atoms with Crippen molar-refractivity contribution in [1.82, 2.24) is 4.98 Å². The van der Waals surface area contributed by atoms with Gasteiger partial charge in [-0.15, -0.1) is 22.7 Å². The monoisotopic (exact) mass is 495 g/mol. The Labute approximate surface area is 202 Å². The first-order chi connectivity index (χ1) is 15.4. The minimum absolute atomic E-state index is 0.0609. The Kier molecular flexibility index (Phi) is 5.67. The molecule has 0 unspecified atom stereocenters. The molecule has 0 saturated carbocycles. The normalized spacial score (nSPS) is 17.6. The first-order valence-corrected chi connectivity index (χ1v) is 12.8. The summed E-state index contributed by atoms with van der Waals surface area (Å²) in [5.74, 6) is -0.0609. The Morgan fingerprint density at radius 2 is 1.91 bits per heavy atom. The van der Waals surface area contributed by atoms with Gasteiger partial charge in [0.15, 0.2) is 5.78 Å². The van der Waals surface area contributed by atoms with Crippen LogP contribution in [0.1, 0.15) is 25.8 Å². The summed E-state index contributed by atoms with van der Waals surface area (Å²) in [5, 5.41) is 0.937. The number of thiophene rings is 1. The van der Waals surface area contributed by atoms with Crippen LogP contribution in [0.15, 0.2) is 65.3 Å². The fourth-order valence-corrected chi connectivity index (χ4v) is 6.86. The van der Waals surface area contributed by atoms with Gasteiger partial charge >= 0.3 is 0 Å². The maximum absolute atomic E-state index is 13.3. The number of carbonyl (C=O) groups is 1. The summed E-state index contributed by atoms with van der Waals surface area (Å²) >= 11 is 10.3. The van der Waals surface area contributed by atoms with Crippen LogP contribution in [0.4, 0.5) is 5.69 Å². The molecule has 1 aliphatic heterocycles. The number of hydrogen-bond donors (Lipinski definition) is 1. The maximum atomic E-state index is 13.3. The molecule has 0 aliphatic carbocycles. The number of thiazole rings is 1. The highest BCUT2D eigenvalue weighted by Gasteiger charge is 2.38. The van der Waals surface area contributed by atoms with Crippen molar-refractivity contribution in [3.05, 3.63) is 85.6 Å². The van der Waals surface area contributed by atoms with Crippen LogP contribution in [-0.4, -0.2) is 21.1 Å². The highest BCUT2D eigenvalue weighted by atomic mass is 35.5. The Bertz CT molecular complexity index is 1400. The van der Waals surface area contributed by atoms with Gasteiger partial charge in [0.25, 0.3) is 0 Å². The van der Waals surface area contributed by atoms with Gasteiger partial charge in [0.1, 0.15) is 15.3 Å². The number of rotatable bonds is 4. The lowest BCUT2D eigenvalue weighted by molar-refractivity contribution is 0.100. The van der Waals surface area contributed by atoms with Crippen LogP contribution in [0.2, 0.25) is 4.34 Å². The third kappa shape index (κ3) is 3.90. The number of carbonyl (C=O) groups excluding carboxylic acids is 1. The van der Waals surface area contributed by atoms with Gasteiger partial charge < -0.3 is 5.73 Å². The molecular formula is C24H18ClN3OS3. The zero-order valence-electron chi connectivity index (χ0n) is 17.3. The molecule has 0 fully saturated rings. The summed E-state index contributed by atoms with van der Waals surface area (Å²) < 4.78 is 1.65. The van der Waals surface area contributed by atoms with Crippen molar-refractivity contribution in [3.8, 4) is 0 Å². The van der Waals surface area contributed by atoms with E-state index in [9.17, 15) is 4.79 Å². The standard InChI is InChI=1S/C24H18ClN3OS3/c1-12-7-8-13(2)15(11-12)28-24-19(23-27-14-5-3-4-6-16(14)31-23)20(26)22(32-24)21(29)17-9-10-18(25)30-17/h3-11,22H,26H2,1-2H3/t22-/m0/s1. The van der Waals surface area contributed by atoms with Crippen LogP contribution in [0.3, 0.4) is 0 Å². The third-order valence-corrected chi connectivity index (χ3v) is 8.69. The second-order valence-corrected chi connectivity index (χ2v) is 11.3. The van der Waals surface area contributed by atoms with E-state index in [0.29, 0.717) is 14.9 Å². The second-order valence-electron chi connectivity index (χ2n) is 7.49. The lowest BCUT2D eigenvalue weighted by Gasteiger charge is -2.07. The summed E-state index contributed by atoms with van der Waals surface area (Å²) in [7, 11) is 0. The number of thioether (sulfide) groups is 1. The summed E-state index contributed by atoms with van der Waals surface area (Å²) in [6.07, 6.45) is 0. The average Bonchev–Trinajstić information content (AvgIpc) is 3.47. The molecule has 0 bridgehead atoms. The quantitative estimate of drug-likeness (QED) is 0.309.